The Morgan fingerprint density at radius 3 is 2.25 bits per heavy atom. The molecule has 0 amide bonds. The molecular weight excluding hydrogens is 296 g/mol. The molecule has 0 aliphatic carbocycles. The lowest BCUT2D eigenvalue weighted by molar-refractivity contribution is 0.229. The van der Waals surface area contributed by atoms with E-state index in [1.54, 1.807) is 37.3 Å². The van der Waals surface area contributed by atoms with Gasteiger partial charge in [-0.25, -0.2) is 0 Å². The molecule has 5 heteroatoms. The van der Waals surface area contributed by atoms with Crippen LogP contribution in [0.4, 0.5) is 0 Å². The van der Waals surface area contributed by atoms with Gasteiger partial charge >= 0.3 is 0 Å². The van der Waals surface area contributed by atoms with Crippen LogP contribution in [0.25, 0.3) is 0 Å². The van der Waals surface area contributed by atoms with Gasteiger partial charge in [-0.05, 0) is 43.2 Å². The minimum Gasteiger partial charge on any atom is -0.263 e. The van der Waals surface area contributed by atoms with Crippen LogP contribution in [0.5, 0.6) is 0 Å². The molecule has 0 saturated heterocycles. The van der Waals surface area contributed by atoms with Crippen molar-refractivity contribution in [3.8, 4) is 0 Å². The van der Waals surface area contributed by atoms with Crippen LogP contribution < -0.4 is 0 Å². The molecule has 0 radical (unpaired) electrons. The fraction of sp³-hybridized carbons (Fsp3) is 0.200. The zero-order valence-electron chi connectivity index (χ0n) is 11.0. The Morgan fingerprint density at radius 2 is 1.65 bits per heavy atom. The summed E-state index contributed by atoms with van der Waals surface area (Å²) in [6, 6.07) is 15.4. The van der Waals surface area contributed by atoms with Crippen molar-refractivity contribution in [2.24, 2.45) is 0 Å². The first-order chi connectivity index (χ1) is 9.47. The van der Waals surface area contributed by atoms with Gasteiger partial charge in [0.15, 0.2) is 0 Å². The zero-order valence-corrected chi connectivity index (χ0v) is 12.6. The van der Waals surface area contributed by atoms with Crippen molar-refractivity contribution in [1.82, 2.24) is 0 Å². The molecule has 2 rings (SSSR count). The standard InChI is InChI=1S/C15H15ClO3S/c1-12(11-13-7-9-14(16)10-8-13)19-20(17,18)15-5-3-2-4-6-15/h2-10,12H,11H2,1H3. The molecule has 3 nitrogen and oxygen atoms in total. The van der Waals surface area contributed by atoms with Crippen LogP contribution in [0.3, 0.4) is 0 Å². The van der Waals surface area contributed by atoms with E-state index >= 15 is 0 Å². The van der Waals surface area contributed by atoms with E-state index in [1.807, 2.05) is 12.1 Å². The van der Waals surface area contributed by atoms with Crippen LogP contribution in [-0.4, -0.2) is 14.5 Å². The summed E-state index contributed by atoms with van der Waals surface area (Å²) in [5.41, 5.74) is 0.977. The maximum atomic E-state index is 12.0. The third-order valence-corrected chi connectivity index (χ3v) is 4.44. The van der Waals surface area contributed by atoms with Crippen molar-refractivity contribution in [3.63, 3.8) is 0 Å². The first kappa shape index (κ1) is 15.0. The second-order valence-corrected chi connectivity index (χ2v) is 6.51. The van der Waals surface area contributed by atoms with Gasteiger partial charge in [-0.3, -0.25) is 4.18 Å². The maximum Gasteiger partial charge on any atom is 0.297 e. The molecule has 0 spiro atoms. The highest BCUT2D eigenvalue weighted by Crippen LogP contribution is 2.17. The summed E-state index contributed by atoms with van der Waals surface area (Å²) in [7, 11) is -3.71. The van der Waals surface area contributed by atoms with Gasteiger partial charge in [-0.2, -0.15) is 8.42 Å². The Bertz CT molecular complexity index is 651. The van der Waals surface area contributed by atoms with Crippen LogP contribution in [0.2, 0.25) is 5.02 Å². The molecule has 20 heavy (non-hydrogen) atoms. The highest BCUT2D eigenvalue weighted by atomic mass is 35.5. The molecule has 0 fully saturated rings. The molecule has 0 aliphatic rings. The predicted molar refractivity (Wildman–Crippen MR) is 79.3 cm³/mol. The lowest BCUT2D eigenvalue weighted by Gasteiger charge is -2.13. The van der Waals surface area contributed by atoms with Gasteiger partial charge in [0, 0.05) is 5.02 Å². The molecule has 2 aromatic rings. The van der Waals surface area contributed by atoms with Gasteiger partial charge in [0.2, 0.25) is 0 Å². The van der Waals surface area contributed by atoms with E-state index in [9.17, 15) is 8.42 Å². The molecule has 2 aromatic carbocycles. The molecule has 0 saturated carbocycles. The molecule has 0 heterocycles. The summed E-state index contributed by atoms with van der Waals surface area (Å²) in [6.07, 6.45) is 0.0600. The van der Waals surface area contributed by atoms with Crippen LogP contribution in [0, 0.1) is 0 Å². The summed E-state index contributed by atoms with van der Waals surface area (Å²) in [4.78, 5) is 0.169. The Kier molecular flexibility index (Phi) is 4.81. The Morgan fingerprint density at radius 1 is 1.05 bits per heavy atom. The van der Waals surface area contributed by atoms with Gasteiger partial charge in [0.25, 0.3) is 10.1 Å². The van der Waals surface area contributed by atoms with Gasteiger partial charge in [-0.1, -0.05) is 41.9 Å². The highest BCUT2D eigenvalue weighted by Gasteiger charge is 2.18. The topological polar surface area (TPSA) is 43.4 Å². The van der Waals surface area contributed by atoms with Crippen molar-refractivity contribution in [2.75, 3.05) is 0 Å². The van der Waals surface area contributed by atoms with Crippen LogP contribution >= 0.6 is 11.6 Å². The Hall–Kier alpha value is -1.36. The van der Waals surface area contributed by atoms with Crippen molar-refractivity contribution in [3.05, 3.63) is 65.2 Å². The van der Waals surface area contributed by atoms with Crippen molar-refractivity contribution >= 4 is 21.7 Å². The molecule has 0 N–H and O–H groups in total. The van der Waals surface area contributed by atoms with Crippen LogP contribution in [0.15, 0.2) is 59.5 Å². The molecule has 1 atom stereocenters. The summed E-state index contributed by atoms with van der Waals surface area (Å²) >= 11 is 5.81. The average molecular weight is 311 g/mol. The highest BCUT2D eigenvalue weighted by molar-refractivity contribution is 7.86. The van der Waals surface area contributed by atoms with Crippen LogP contribution in [0.1, 0.15) is 12.5 Å². The van der Waals surface area contributed by atoms with Crippen molar-refractivity contribution in [1.29, 1.82) is 0 Å². The summed E-state index contributed by atoms with van der Waals surface area (Å²) < 4.78 is 29.3. The molecule has 1 unspecified atom stereocenters. The van der Waals surface area contributed by atoms with E-state index < -0.39 is 16.2 Å². The van der Waals surface area contributed by atoms with E-state index in [2.05, 4.69) is 0 Å². The monoisotopic (exact) mass is 310 g/mol. The molecule has 106 valence electrons. The largest absolute Gasteiger partial charge is 0.297 e. The van der Waals surface area contributed by atoms with Crippen molar-refractivity contribution < 1.29 is 12.6 Å². The Balaban J connectivity index is 2.04. The summed E-state index contributed by atoms with van der Waals surface area (Å²) in [6.45, 7) is 1.73. The number of rotatable bonds is 5. The summed E-state index contributed by atoms with van der Waals surface area (Å²) in [5, 5.41) is 0.652. The molecule has 0 aromatic heterocycles. The lowest BCUT2D eigenvalue weighted by Crippen LogP contribution is -2.17. The molecule has 0 bridgehead atoms. The SMILES string of the molecule is CC(Cc1ccc(Cl)cc1)OS(=O)(=O)c1ccccc1. The number of hydrogen-bond acceptors (Lipinski definition) is 3. The average Bonchev–Trinajstić information content (AvgIpc) is 2.42. The third kappa shape index (κ3) is 4.07. The number of benzene rings is 2. The first-order valence-electron chi connectivity index (χ1n) is 6.20. The van der Waals surface area contributed by atoms with Crippen LogP contribution in [-0.2, 0) is 20.7 Å². The Labute approximate surface area is 124 Å². The van der Waals surface area contributed by atoms with Gasteiger partial charge in [0.05, 0.1) is 11.0 Å². The van der Waals surface area contributed by atoms with E-state index in [0.717, 1.165) is 5.56 Å². The fourth-order valence-electron chi connectivity index (χ4n) is 1.85. The lowest BCUT2D eigenvalue weighted by atomic mass is 10.1. The van der Waals surface area contributed by atoms with E-state index in [0.29, 0.717) is 11.4 Å². The van der Waals surface area contributed by atoms with Crippen molar-refractivity contribution in [2.45, 2.75) is 24.3 Å². The maximum absolute atomic E-state index is 12.0. The second-order valence-electron chi connectivity index (χ2n) is 4.50. The minimum atomic E-state index is -3.71. The van der Waals surface area contributed by atoms with Gasteiger partial charge in [0.1, 0.15) is 0 Å². The normalized spacial score (nSPS) is 13.1. The first-order valence-corrected chi connectivity index (χ1v) is 7.99. The zero-order chi connectivity index (χ0) is 14.6. The number of halogens is 1. The molecular formula is C15H15ClO3S. The quantitative estimate of drug-likeness (QED) is 0.791. The van der Waals surface area contributed by atoms with E-state index in [1.165, 1.54) is 12.1 Å². The van der Waals surface area contributed by atoms with E-state index in [4.69, 9.17) is 15.8 Å². The minimum absolute atomic E-state index is 0.169. The molecule has 0 aliphatic heterocycles. The van der Waals surface area contributed by atoms with E-state index in [-0.39, 0.29) is 4.90 Å². The smallest absolute Gasteiger partial charge is 0.263 e. The number of hydrogen-bond donors (Lipinski definition) is 0. The van der Waals surface area contributed by atoms with Gasteiger partial charge in [-0.15, -0.1) is 0 Å². The summed E-state index contributed by atoms with van der Waals surface area (Å²) in [5.74, 6) is 0. The fourth-order valence-corrected chi connectivity index (χ4v) is 3.07. The second kappa shape index (κ2) is 6.39. The van der Waals surface area contributed by atoms with Gasteiger partial charge < -0.3 is 0 Å². The predicted octanol–water partition coefficient (Wildman–Crippen LogP) is 3.68. The third-order valence-electron chi connectivity index (χ3n) is 2.76.